The highest BCUT2D eigenvalue weighted by Crippen LogP contribution is 2.29. The number of rotatable bonds is 3. The van der Waals surface area contributed by atoms with Crippen molar-refractivity contribution in [3.05, 3.63) is 51.7 Å². The van der Waals surface area contributed by atoms with Crippen LogP contribution in [0.25, 0.3) is 5.78 Å². The molecular weight excluding hydrogens is 296 g/mol. The van der Waals surface area contributed by atoms with Gasteiger partial charge >= 0.3 is 0 Å². The fraction of sp³-hybridized carbons (Fsp3) is 0.154. The molecule has 0 bridgehead atoms. The third-order valence-electron chi connectivity index (χ3n) is 2.84. The zero-order valence-corrected chi connectivity index (χ0v) is 12.2. The van der Waals surface area contributed by atoms with E-state index >= 15 is 0 Å². The van der Waals surface area contributed by atoms with Crippen molar-refractivity contribution >= 4 is 29.1 Å². The molecule has 1 aromatic carbocycles. The number of aryl methyl sites for hydroxylation is 1. The Morgan fingerprint density at radius 1 is 1.45 bits per heavy atom. The van der Waals surface area contributed by atoms with E-state index in [4.69, 9.17) is 11.6 Å². The fourth-order valence-corrected chi connectivity index (χ4v) is 3.21. The van der Waals surface area contributed by atoms with Gasteiger partial charge in [0, 0.05) is 15.6 Å². The quantitative estimate of drug-likeness (QED) is 0.808. The Balaban J connectivity index is 2.14. The number of aromatic nitrogens is 4. The van der Waals surface area contributed by atoms with E-state index in [0.717, 1.165) is 10.6 Å². The van der Waals surface area contributed by atoms with Gasteiger partial charge in [-0.1, -0.05) is 36.4 Å². The molecule has 3 rings (SSSR count). The molecule has 102 valence electrons. The normalized spacial score (nSPS) is 11.1. The van der Waals surface area contributed by atoms with Gasteiger partial charge in [-0.25, -0.2) is 0 Å². The molecular formula is C13H11ClN4OS. The summed E-state index contributed by atoms with van der Waals surface area (Å²) in [5.41, 5.74) is 0.679. The first-order valence-electron chi connectivity index (χ1n) is 6.07. The van der Waals surface area contributed by atoms with E-state index in [1.807, 2.05) is 25.1 Å². The molecule has 0 saturated carbocycles. The maximum atomic E-state index is 12.4. The topological polar surface area (TPSA) is 63.1 Å². The average Bonchev–Trinajstić information content (AvgIpc) is 2.90. The lowest BCUT2D eigenvalue weighted by molar-refractivity contribution is 0.829. The second kappa shape index (κ2) is 5.30. The highest BCUT2D eigenvalue weighted by Gasteiger charge is 2.13. The summed E-state index contributed by atoms with van der Waals surface area (Å²) >= 11 is 7.36. The van der Waals surface area contributed by atoms with Crippen molar-refractivity contribution in [1.82, 2.24) is 19.6 Å². The Hall–Kier alpha value is -1.79. The molecule has 0 aliphatic rings. The Kier molecular flexibility index (Phi) is 3.50. The van der Waals surface area contributed by atoms with Crippen molar-refractivity contribution in [3.63, 3.8) is 0 Å². The Morgan fingerprint density at radius 2 is 2.30 bits per heavy atom. The number of halogens is 1. The summed E-state index contributed by atoms with van der Waals surface area (Å²) in [6, 6.07) is 7.41. The predicted molar refractivity (Wildman–Crippen MR) is 78.6 cm³/mol. The van der Waals surface area contributed by atoms with Gasteiger partial charge in [-0.15, -0.1) is 0 Å². The van der Waals surface area contributed by atoms with Crippen LogP contribution in [-0.4, -0.2) is 19.6 Å². The molecule has 2 aromatic heterocycles. The lowest BCUT2D eigenvalue weighted by Crippen LogP contribution is -2.19. The van der Waals surface area contributed by atoms with E-state index in [-0.39, 0.29) is 5.56 Å². The van der Waals surface area contributed by atoms with Crippen LogP contribution in [0.4, 0.5) is 0 Å². The molecule has 20 heavy (non-hydrogen) atoms. The molecule has 0 atom stereocenters. The second-order valence-electron chi connectivity index (χ2n) is 4.15. The Bertz CT molecular complexity index is 827. The minimum absolute atomic E-state index is 0.168. The summed E-state index contributed by atoms with van der Waals surface area (Å²) in [4.78, 5) is 21.1. The third kappa shape index (κ3) is 2.32. The average molecular weight is 307 g/mol. The highest BCUT2D eigenvalue weighted by molar-refractivity contribution is 7.99. The number of nitrogens with zero attached hydrogens (tertiary/aromatic N) is 3. The van der Waals surface area contributed by atoms with Crippen molar-refractivity contribution < 1.29 is 0 Å². The van der Waals surface area contributed by atoms with Crippen LogP contribution in [0.3, 0.4) is 0 Å². The Morgan fingerprint density at radius 3 is 3.05 bits per heavy atom. The Labute approximate surface area is 124 Å². The van der Waals surface area contributed by atoms with E-state index in [0.29, 0.717) is 22.1 Å². The molecule has 7 heteroatoms. The van der Waals surface area contributed by atoms with Gasteiger partial charge in [-0.2, -0.15) is 14.6 Å². The monoisotopic (exact) mass is 306 g/mol. The molecule has 0 spiro atoms. The van der Waals surface area contributed by atoms with Gasteiger partial charge < -0.3 is 4.98 Å². The van der Waals surface area contributed by atoms with Crippen molar-refractivity contribution in [2.45, 2.75) is 23.1 Å². The number of H-pyrrole nitrogens is 1. The van der Waals surface area contributed by atoms with Gasteiger partial charge in [0.15, 0.2) is 0 Å². The van der Waals surface area contributed by atoms with E-state index in [2.05, 4.69) is 15.1 Å². The molecule has 2 heterocycles. The van der Waals surface area contributed by atoms with Crippen molar-refractivity contribution in [2.75, 3.05) is 0 Å². The van der Waals surface area contributed by atoms with E-state index in [1.54, 1.807) is 6.07 Å². The van der Waals surface area contributed by atoms with Crippen molar-refractivity contribution in [2.24, 2.45) is 0 Å². The standard InChI is InChI=1S/C13H11ClN4OS/c1-2-10-11(20-9-5-3-4-8(14)6-9)12(19)18-13(17-10)15-7-16-18/h3-7H,2H2,1H3,(H,15,16,17). The smallest absolute Gasteiger partial charge is 0.289 e. The van der Waals surface area contributed by atoms with Gasteiger partial charge in [-0.3, -0.25) is 4.79 Å². The summed E-state index contributed by atoms with van der Waals surface area (Å²) in [6.07, 6.45) is 2.07. The molecule has 0 saturated heterocycles. The molecule has 0 aliphatic heterocycles. The van der Waals surface area contributed by atoms with Crippen LogP contribution in [0, 0.1) is 0 Å². The number of nitrogens with one attached hydrogen (secondary N) is 1. The molecule has 0 aliphatic carbocycles. The summed E-state index contributed by atoms with van der Waals surface area (Å²) in [7, 11) is 0. The predicted octanol–water partition coefficient (Wildman–Crippen LogP) is 2.78. The minimum atomic E-state index is -0.168. The lowest BCUT2D eigenvalue weighted by Gasteiger charge is -2.07. The van der Waals surface area contributed by atoms with Crippen LogP contribution in [0.15, 0.2) is 45.2 Å². The molecule has 0 radical (unpaired) electrons. The maximum Gasteiger partial charge on any atom is 0.289 e. The molecule has 0 amide bonds. The van der Waals surface area contributed by atoms with Crippen molar-refractivity contribution in [1.29, 1.82) is 0 Å². The number of fused-ring (bicyclic) bond motifs is 1. The van der Waals surface area contributed by atoms with Gasteiger partial charge in [0.05, 0.1) is 4.90 Å². The molecule has 0 fully saturated rings. The first kappa shape index (κ1) is 13.2. The molecule has 5 nitrogen and oxygen atoms in total. The van der Waals surface area contributed by atoms with Gasteiger partial charge in [0.2, 0.25) is 5.78 Å². The summed E-state index contributed by atoms with van der Waals surface area (Å²) in [5.74, 6) is 0.460. The van der Waals surface area contributed by atoms with Crippen molar-refractivity contribution in [3.8, 4) is 0 Å². The minimum Gasteiger partial charge on any atom is -0.326 e. The van der Waals surface area contributed by atoms with Crippen LogP contribution in [0.5, 0.6) is 0 Å². The highest BCUT2D eigenvalue weighted by atomic mass is 35.5. The number of hydrogen-bond donors (Lipinski definition) is 1. The SMILES string of the molecule is CCc1[nH]c2ncnn2c(=O)c1Sc1cccc(Cl)c1. The summed E-state index contributed by atoms with van der Waals surface area (Å²) < 4.78 is 1.27. The number of hydrogen-bond acceptors (Lipinski definition) is 4. The van der Waals surface area contributed by atoms with Crippen LogP contribution >= 0.6 is 23.4 Å². The largest absolute Gasteiger partial charge is 0.326 e. The lowest BCUT2D eigenvalue weighted by atomic mass is 10.3. The first-order chi connectivity index (χ1) is 9.69. The second-order valence-corrected chi connectivity index (χ2v) is 5.67. The van der Waals surface area contributed by atoms with E-state index in [1.165, 1.54) is 22.6 Å². The van der Waals surface area contributed by atoms with Crippen LogP contribution in [0.1, 0.15) is 12.6 Å². The summed E-state index contributed by atoms with van der Waals surface area (Å²) in [5, 5.41) is 4.58. The van der Waals surface area contributed by atoms with Crippen LogP contribution in [0.2, 0.25) is 5.02 Å². The molecule has 3 aromatic rings. The molecule has 1 N–H and O–H groups in total. The van der Waals surface area contributed by atoms with Gasteiger partial charge in [-0.05, 0) is 24.6 Å². The molecule has 0 unspecified atom stereocenters. The third-order valence-corrected chi connectivity index (χ3v) is 4.19. The maximum absolute atomic E-state index is 12.4. The zero-order chi connectivity index (χ0) is 14.1. The van der Waals surface area contributed by atoms with E-state index in [9.17, 15) is 4.79 Å². The number of benzene rings is 1. The van der Waals surface area contributed by atoms with Crippen LogP contribution in [-0.2, 0) is 6.42 Å². The van der Waals surface area contributed by atoms with E-state index < -0.39 is 0 Å². The fourth-order valence-electron chi connectivity index (χ4n) is 1.89. The first-order valence-corrected chi connectivity index (χ1v) is 7.27. The summed E-state index contributed by atoms with van der Waals surface area (Å²) in [6.45, 7) is 1.99. The number of aromatic amines is 1. The van der Waals surface area contributed by atoms with Gasteiger partial charge in [0.1, 0.15) is 6.33 Å². The van der Waals surface area contributed by atoms with Gasteiger partial charge in [0.25, 0.3) is 5.56 Å². The van der Waals surface area contributed by atoms with Crippen LogP contribution < -0.4 is 5.56 Å². The zero-order valence-electron chi connectivity index (χ0n) is 10.6.